The van der Waals surface area contributed by atoms with Crippen LogP contribution in [0.2, 0.25) is 0 Å². The van der Waals surface area contributed by atoms with Gasteiger partial charge in [0.15, 0.2) is 0 Å². The number of rotatable bonds is 2. The molecule has 1 amide bonds. The molecule has 0 N–H and O–H groups in total. The fourth-order valence-corrected chi connectivity index (χ4v) is 4.10. The van der Waals surface area contributed by atoms with Crippen molar-refractivity contribution in [1.29, 1.82) is 0 Å². The van der Waals surface area contributed by atoms with Gasteiger partial charge in [0.1, 0.15) is 22.5 Å². The molecule has 0 aromatic carbocycles. The van der Waals surface area contributed by atoms with Crippen LogP contribution >= 0.6 is 0 Å². The second-order valence-electron chi connectivity index (χ2n) is 9.07. The quantitative estimate of drug-likeness (QED) is 0.572. The highest BCUT2D eigenvalue weighted by atomic mass is 16.6. The van der Waals surface area contributed by atoms with Crippen LogP contribution in [0, 0.1) is 17.8 Å². The van der Waals surface area contributed by atoms with Crippen LogP contribution in [0.4, 0.5) is 4.79 Å². The van der Waals surface area contributed by atoms with Gasteiger partial charge in [-0.2, -0.15) is 4.98 Å². The molecule has 1 aliphatic heterocycles. The molecule has 2 fully saturated rings. The minimum absolute atomic E-state index is 0.320. The van der Waals surface area contributed by atoms with Crippen molar-refractivity contribution in [3.05, 3.63) is 59.9 Å². The summed E-state index contributed by atoms with van der Waals surface area (Å²) >= 11 is 0. The molecule has 5 rings (SSSR count). The highest BCUT2D eigenvalue weighted by Gasteiger charge is 2.68. The van der Waals surface area contributed by atoms with Crippen molar-refractivity contribution in [2.45, 2.75) is 44.8 Å². The van der Waals surface area contributed by atoms with Crippen LogP contribution in [-0.2, 0) is 10.3 Å². The van der Waals surface area contributed by atoms with Gasteiger partial charge in [-0.1, -0.05) is 17.1 Å². The number of ether oxygens (including phenoxy) is 1. The van der Waals surface area contributed by atoms with Crippen molar-refractivity contribution in [2.24, 2.45) is 5.92 Å². The van der Waals surface area contributed by atoms with E-state index in [-0.39, 0.29) is 6.09 Å². The van der Waals surface area contributed by atoms with Crippen molar-refractivity contribution in [3.63, 3.8) is 0 Å². The molecule has 162 valence electrons. The number of pyridine rings is 2. The summed E-state index contributed by atoms with van der Waals surface area (Å²) in [6, 6.07) is 9.26. The maximum atomic E-state index is 12.7. The Morgan fingerprint density at radius 3 is 2.78 bits per heavy atom. The molecule has 8 nitrogen and oxygen atoms in total. The molecular weight excluding hydrogens is 406 g/mol. The van der Waals surface area contributed by atoms with Gasteiger partial charge in [-0.05, 0) is 69.7 Å². The SMILES string of the molecule is CC(C)(C)OC(=O)N1CC[C@@H]2C[C@@]21c1nc(-c2ccc(C#Cc3ccccn3)cn2)no1. The molecule has 1 saturated heterocycles. The summed E-state index contributed by atoms with van der Waals surface area (Å²) in [6.45, 7) is 6.20. The highest BCUT2D eigenvalue weighted by Crippen LogP contribution is 2.62. The number of likely N-dealkylation sites (tertiary alicyclic amines) is 1. The molecule has 4 heterocycles. The van der Waals surface area contributed by atoms with Gasteiger partial charge in [0, 0.05) is 24.5 Å². The van der Waals surface area contributed by atoms with Crippen LogP contribution in [-0.4, -0.2) is 43.2 Å². The van der Waals surface area contributed by atoms with E-state index >= 15 is 0 Å². The second-order valence-corrected chi connectivity index (χ2v) is 9.07. The lowest BCUT2D eigenvalue weighted by Gasteiger charge is -2.29. The normalized spacial score (nSPS) is 21.5. The third-order valence-corrected chi connectivity index (χ3v) is 5.66. The van der Waals surface area contributed by atoms with E-state index in [0.29, 0.717) is 35.6 Å². The highest BCUT2D eigenvalue weighted by molar-refractivity contribution is 5.71. The zero-order valence-electron chi connectivity index (χ0n) is 18.2. The minimum atomic E-state index is -0.559. The summed E-state index contributed by atoms with van der Waals surface area (Å²) in [5.41, 5.74) is 0.927. The fourth-order valence-electron chi connectivity index (χ4n) is 4.10. The van der Waals surface area contributed by atoms with Gasteiger partial charge in [-0.3, -0.25) is 9.88 Å². The Bertz CT molecular complexity index is 1200. The largest absolute Gasteiger partial charge is 0.444 e. The topological polar surface area (TPSA) is 94.2 Å². The standard InChI is InChI=1S/C24H23N5O3/c1-23(2,3)31-22(30)29-13-11-17-14-24(17,29)21-27-20(28-32-21)19-10-8-16(15-26-19)7-9-18-6-4-5-12-25-18/h4-6,8,10,12,15,17H,11,13-14H2,1-3H3/t17-,24+/m1/s1. The minimum Gasteiger partial charge on any atom is -0.444 e. The van der Waals surface area contributed by atoms with Crippen LogP contribution in [0.15, 0.2) is 47.2 Å². The first-order chi connectivity index (χ1) is 15.3. The average molecular weight is 429 g/mol. The van der Waals surface area contributed by atoms with Gasteiger partial charge >= 0.3 is 6.09 Å². The van der Waals surface area contributed by atoms with Crippen LogP contribution in [0.25, 0.3) is 11.5 Å². The third kappa shape index (κ3) is 3.71. The maximum Gasteiger partial charge on any atom is 0.411 e. The molecule has 2 atom stereocenters. The molecule has 32 heavy (non-hydrogen) atoms. The molecule has 0 bridgehead atoms. The number of fused-ring (bicyclic) bond motifs is 1. The average Bonchev–Trinajstić information content (AvgIpc) is 3.12. The van der Waals surface area contributed by atoms with E-state index in [4.69, 9.17) is 9.26 Å². The zero-order chi connectivity index (χ0) is 22.3. The molecule has 2 aliphatic rings. The first-order valence-corrected chi connectivity index (χ1v) is 10.6. The molecule has 3 aromatic rings. The lowest BCUT2D eigenvalue weighted by atomic mass is 10.2. The van der Waals surface area contributed by atoms with Crippen molar-refractivity contribution in [3.8, 4) is 23.4 Å². The van der Waals surface area contributed by atoms with Gasteiger partial charge in [0.05, 0.1) is 0 Å². The summed E-state index contributed by atoms with van der Waals surface area (Å²) in [4.78, 5) is 27.7. The predicted octanol–water partition coefficient (Wildman–Crippen LogP) is 3.78. The molecule has 3 aromatic heterocycles. The van der Waals surface area contributed by atoms with Crippen LogP contribution < -0.4 is 0 Å². The number of piperidine rings is 1. The summed E-state index contributed by atoms with van der Waals surface area (Å²) < 4.78 is 11.2. The summed E-state index contributed by atoms with van der Waals surface area (Å²) in [6.07, 6.45) is 4.74. The van der Waals surface area contributed by atoms with Crippen molar-refractivity contribution in [1.82, 2.24) is 25.0 Å². The van der Waals surface area contributed by atoms with Gasteiger partial charge in [-0.15, -0.1) is 0 Å². The van der Waals surface area contributed by atoms with Gasteiger partial charge in [0.25, 0.3) is 5.89 Å². The van der Waals surface area contributed by atoms with Gasteiger partial charge in [-0.25, -0.2) is 9.78 Å². The Morgan fingerprint density at radius 2 is 2.09 bits per heavy atom. The summed E-state index contributed by atoms with van der Waals surface area (Å²) in [5.74, 6) is 7.20. The van der Waals surface area contributed by atoms with E-state index in [1.54, 1.807) is 23.4 Å². The third-order valence-electron chi connectivity index (χ3n) is 5.66. The van der Waals surface area contributed by atoms with E-state index in [1.807, 2.05) is 45.0 Å². The van der Waals surface area contributed by atoms with Crippen molar-refractivity contribution in [2.75, 3.05) is 6.54 Å². The Hall–Kier alpha value is -3.73. The number of hydrogen-bond donors (Lipinski definition) is 0. The van der Waals surface area contributed by atoms with Gasteiger partial charge < -0.3 is 9.26 Å². The number of amides is 1. The summed E-state index contributed by atoms with van der Waals surface area (Å²) in [7, 11) is 0. The number of carbonyl (C=O) groups is 1. The van der Waals surface area contributed by atoms with E-state index in [2.05, 4.69) is 31.9 Å². The first kappa shape index (κ1) is 20.2. The Balaban J connectivity index is 1.34. The van der Waals surface area contributed by atoms with E-state index in [0.717, 1.165) is 18.4 Å². The van der Waals surface area contributed by atoms with E-state index < -0.39 is 11.1 Å². The zero-order valence-corrected chi connectivity index (χ0v) is 18.2. The number of nitrogens with zero attached hydrogens (tertiary/aromatic N) is 5. The monoisotopic (exact) mass is 429 g/mol. The van der Waals surface area contributed by atoms with Crippen LogP contribution in [0.5, 0.6) is 0 Å². The molecule has 0 spiro atoms. The number of hydrogen-bond acceptors (Lipinski definition) is 7. The smallest absolute Gasteiger partial charge is 0.411 e. The first-order valence-electron chi connectivity index (χ1n) is 10.6. The Kier molecular flexibility index (Phi) is 4.70. The van der Waals surface area contributed by atoms with E-state index in [1.165, 1.54) is 0 Å². The fraction of sp³-hybridized carbons (Fsp3) is 0.375. The second kappa shape index (κ2) is 7.45. The predicted molar refractivity (Wildman–Crippen MR) is 115 cm³/mol. The lowest BCUT2D eigenvalue weighted by molar-refractivity contribution is 0.0135. The number of carbonyl (C=O) groups excluding carboxylic acids is 1. The van der Waals surface area contributed by atoms with Crippen molar-refractivity contribution >= 4 is 6.09 Å². The number of aromatic nitrogens is 4. The molecular formula is C24H23N5O3. The Labute approximate surface area is 186 Å². The molecule has 0 unspecified atom stereocenters. The molecule has 0 radical (unpaired) electrons. The van der Waals surface area contributed by atoms with Crippen LogP contribution in [0.1, 0.15) is 50.8 Å². The molecule has 8 heteroatoms. The molecule has 1 aliphatic carbocycles. The lowest BCUT2D eigenvalue weighted by Crippen LogP contribution is -2.42. The van der Waals surface area contributed by atoms with Crippen molar-refractivity contribution < 1.29 is 14.1 Å². The molecule has 1 saturated carbocycles. The maximum absolute atomic E-state index is 12.7. The Morgan fingerprint density at radius 1 is 1.22 bits per heavy atom. The van der Waals surface area contributed by atoms with E-state index in [9.17, 15) is 4.79 Å². The summed E-state index contributed by atoms with van der Waals surface area (Å²) in [5, 5.41) is 4.12. The van der Waals surface area contributed by atoms with Gasteiger partial charge in [0.2, 0.25) is 5.82 Å². The van der Waals surface area contributed by atoms with Crippen LogP contribution in [0.3, 0.4) is 0 Å².